The summed E-state index contributed by atoms with van der Waals surface area (Å²) in [6, 6.07) is 4.17. The summed E-state index contributed by atoms with van der Waals surface area (Å²) in [6.45, 7) is 1.78. The molecule has 1 aliphatic heterocycles. The van der Waals surface area contributed by atoms with E-state index in [9.17, 15) is 9.18 Å². The number of rotatable bonds is 3. The molecule has 0 radical (unpaired) electrons. The van der Waals surface area contributed by atoms with Crippen LogP contribution in [0.25, 0.3) is 0 Å². The quantitative estimate of drug-likeness (QED) is 0.840. The fourth-order valence-electron chi connectivity index (χ4n) is 1.63. The van der Waals surface area contributed by atoms with Crippen LogP contribution in [0.1, 0.15) is 0 Å². The first kappa shape index (κ1) is 12.1. The number of nitrogens with zero attached hydrogens (tertiary/aromatic N) is 1. The predicted octanol–water partition coefficient (Wildman–Crippen LogP) is 2.29. The van der Waals surface area contributed by atoms with Gasteiger partial charge in [-0.1, -0.05) is 23.8 Å². The molecular weight excluding hydrogens is 243 g/mol. The highest BCUT2D eigenvalue weighted by atomic mass is 35.5. The summed E-state index contributed by atoms with van der Waals surface area (Å²) in [6.07, 6.45) is 3.99. The Morgan fingerprint density at radius 3 is 2.76 bits per heavy atom. The molecule has 1 N–H and O–H groups in total. The average molecular weight is 255 g/mol. The Kier molecular flexibility index (Phi) is 3.76. The van der Waals surface area contributed by atoms with Gasteiger partial charge in [0.1, 0.15) is 5.82 Å². The van der Waals surface area contributed by atoms with Crippen LogP contribution < -0.4 is 5.32 Å². The fraction of sp³-hybridized carbons (Fsp3) is 0.250. The summed E-state index contributed by atoms with van der Waals surface area (Å²) in [5.41, 5.74) is 0.159. The molecule has 5 heteroatoms. The van der Waals surface area contributed by atoms with Gasteiger partial charge in [0.2, 0.25) is 5.91 Å². The van der Waals surface area contributed by atoms with Crippen molar-refractivity contribution in [2.45, 2.75) is 0 Å². The molecule has 1 heterocycles. The van der Waals surface area contributed by atoms with Gasteiger partial charge in [-0.25, -0.2) is 4.39 Å². The fourth-order valence-corrected chi connectivity index (χ4v) is 1.79. The molecule has 0 saturated heterocycles. The first-order chi connectivity index (χ1) is 8.15. The number of hydrogen-bond donors (Lipinski definition) is 1. The molecule has 17 heavy (non-hydrogen) atoms. The minimum atomic E-state index is -0.523. The van der Waals surface area contributed by atoms with E-state index < -0.39 is 5.82 Å². The topological polar surface area (TPSA) is 32.3 Å². The predicted molar refractivity (Wildman–Crippen MR) is 65.6 cm³/mol. The molecule has 0 aromatic heterocycles. The van der Waals surface area contributed by atoms with Gasteiger partial charge < -0.3 is 5.32 Å². The van der Waals surface area contributed by atoms with Crippen molar-refractivity contribution in [1.82, 2.24) is 4.90 Å². The Morgan fingerprint density at radius 2 is 2.12 bits per heavy atom. The van der Waals surface area contributed by atoms with Gasteiger partial charge in [0.05, 0.1) is 12.2 Å². The summed E-state index contributed by atoms with van der Waals surface area (Å²) in [4.78, 5) is 13.6. The van der Waals surface area contributed by atoms with Crippen molar-refractivity contribution >= 4 is 23.2 Å². The van der Waals surface area contributed by atoms with Gasteiger partial charge in [-0.05, 0) is 18.2 Å². The second kappa shape index (κ2) is 5.29. The zero-order chi connectivity index (χ0) is 12.3. The van der Waals surface area contributed by atoms with E-state index in [-0.39, 0.29) is 18.1 Å². The smallest absolute Gasteiger partial charge is 0.238 e. The number of halogens is 2. The number of amides is 1. The van der Waals surface area contributed by atoms with Crippen molar-refractivity contribution < 1.29 is 9.18 Å². The highest BCUT2D eigenvalue weighted by Crippen LogP contribution is 2.18. The van der Waals surface area contributed by atoms with Crippen LogP contribution in [-0.2, 0) is 4.79 Å². The molecule has 90 valence electrons. The Labute approximate surface area is 104 Å². The second-order valence-electron chi connectivity index (χ2n) is 3.84. The monoisotopic (exact) mass is 254 g/mol. The van der Waals surface area contributed by atoms with Gasteiger partial charge in [0.15, 0.2) is 0 Å². The van der Waals surface area contributed by atoms with E-state index in [2.05, 4.69) is 5.32 Å². The van der Waals surface area contributed by atoms with Crippen LogP contribution in [0.4, 0.5) is 10.1 Å². The molecule has 1 aromatic carbocycles. The Balaban J connectivity index is 1.93. The SMILES string of the molecule is O=C(CN1CC=CC1)Nc1ccc(Cl)cc1F. The molecule has 0 saturated carbocycles. The third-order valence-electron chi connectivity index (χ3n) is 2.47. The minimum absolute atomic E-state index is 0.159. The molecule has 0 bridgehead atoms. The van der Waals surface area contributed by atoms with Gasteiger partial charge in [-0.2, -0.15) is 0 Å². The molecule has 1 amide bonds. The van der Waals surface area contributed by atoms with Gasteiger partial charge in [-0.15, -0.1) is 0 Å². The maximum atomic E-state index is 13.4. The van der Waals surface area contributed by atoms with E-state index in [1.54, 1.807) is 0 Å². The van der Waals surface area contributed by atoms with Crippen molar-refractivity contribution in [3.05, 3.63) is 41.2 Å². The van der Waals surface area contributed by atoms with Crippen LogP contribution in [0.3, 0.4) is 0 Å². The zero-order valence-corrected chi connectivity index (χ0v) is 9.88. The Morgan fingerprint density at radius 1 is 1.41 bits per heavy atom. The lowest BCUT2D eigenvalue weighted by Crippen LogP contribution is -2.31. The van der Waals surface area contributed by atoms with Crippen LogP contribution in [0.2, 0.25) is 5.02 Å². The van der Waals surface area contributed by atoms with Crippen LogP contribution in [0.5, 0.6) is 0 Å². The van der Waals surface area contributed by atoms with Crippen molar-refractivity contribution in [3.63, 3.8) is 0 Å². The van der Waals surface area contributed by atoms with Crippen molar-refractivity contribution in [3.8, 4) is 0 Å². The third kappa shape index (κ3) is 3.28. The number of carbonyl (C=O) groups excluding carboxylic acids is 1. The molecule has 1 aliphatic rings. The lowest BCUT2D eigenvalue weighted by Gasteiger charge is -2.14. The van der Waals surface area contributed by atoms with Crippen LogP contribution in [-0.4, -0.2) is 30.4 Å². The van der Waals surface area contributed by atoms with E-state index in [4.69, 9.17) is 11.6 Å². The largest absolute Gasteiger partial charge is 0.322 e. The van der Waals surface area contributed by atoms with E-state index in [0.717, 1.165) is 13.1 Å². The number of anilines is 1. The molecule has 0 spiro atoms. The van der Waals surface area contributed by atoms with E-state index >= 15 is 0 Å². The summed E-state index contributed by atoms with van der Waals surface area (Å²) >= 11 is 5.62. The number of hydrogen-bond acceptors (Lipinski definition) is 2. The van der Waals surface area contributed by atoms with E-state index in [0.29, 0.717) is 5.02 Å². The van der Waals surface area contributed by atoms with Crippen molar-refractivity contribution in [2.75, 3.05) is 25.0 Å². The summed E-state index contributed by atoms with van der Waals surface area (Å²) in [5, 5.41) is 2.83. The number of nitrogens with one attached hydrogen (secondary N) is 1. The summed E-state index contributed by atoms with van der Waals surface area (Å²) < 4.78 is 13.4. The molecule has 0 fully saturated rings. The third-order valence-corrected chi connectivity index (χ3v) is 2.70. The maximum Gasteiger partial charge on any atom is 0.238 e. The van der Waals surface area contributed by atoms with Crippen LogP contribution >= 0.6 is 11.6 Å². The minimum Gasteiger partial charge on any atom is -0.322 e. The number of benzene rings is 1. The van der Waals surface area contributed by atoms with Crippen molar-refractivity contribution in [2.24, 2.45) is 0 Å². The highest BCUT2D eigenvalue weighted by molar-refractivity contribution is 6.30. The molecule has 0 aliphatic carbocycles. The number of carbonyl (C=O) groups is 1. The lowest BCUT2D eigenvalue weighted by atomic mass is 10.3. The first-order valence-corrected chi connectivity index (χ1v) is 5.65. The zero-order valence-electron chi connectivity index (χ0n) is 9.12. The molecule has 3 nitrogen and oxygen atoms in total. The van der Waals surface area contributed by atoms with Gasteiger partial charge in [0, 0.05) is 18.1 Å². The highest BCUT2D eigenvalue weighted by Gasteiger charge is 2.13. The van der Waals surface area contributed by atoms with E-state index in [1.165, 1.54) is 18.2 Å². The molecular formula is C12H12ClFN2O. The van der Waals surface area contributed by atoms with Gasteiger partial charge >= 0.3 is 0 Å². The normalized spacial score (nSPS) is 15.2. The lowest BCUT2D eigenvalue weighted by molar-refractivity contribution is -0.117. The standard InChI is InChI=1S/C12H12ClFN2O/c13-9-3-4-11(10(14)7-9)15-12(17)8-16-5-1-2-6-16/h1-4,7H,5-6,8H2,(H,15,17). The van der Waals surface area contributed by atoms with Gasteiger partial charge in [-0.3, -0.25) is 9.69 Å². The van der Waals surface area contributed by atoms with Crippen LogP contribution in [0.15, 0.2) is 30.4 Å². The Hall–Kier alpha value is -1.39. The van der Waals surface area contributed by atoms with Gasteiger partial charge in [0.25, 0.3) is 0 Å². The van der Waals surface area contributed by atoms with E-state index in [1.807, 2.05) is 17.1 Å². The van der Waals surface area contributed by atoms with Crippen LogP contribution in [0, 0.1) is 5.82 Å². The maximum absolute atomic E-state index is 13.4. The Bertz CT molecular complexity index is 454. The molecule has 1 aromatic rings. The molecule has 0 atom stereocenters. The molecule has 2 rings (SSSR count). The summed E-state index contributed by atoms with van der Waals surface area (Å²) in [5.74, 6) is -0.750. The second-order valence-corrected chi connectivity index (χ2v) is 4.27. The average Bonchev–Trinajstić information content (AvgIpc) is 2.75. The summed E-state index contributed by atoms with van der Waals surface area (Å²) in [7, 11) is 0. The first-order valence-electron chi connectivity index (χ1n) is 5.27. The van der Waals surface area contributed by atoms with Crippen molar-refractivity contribution in [1.29, 1.82) is 0 Å². The molecule has 0 unspecified atom stereocenters.